The average molecular weight is 375 g/mol. The predicted molar refractivity (Wildman–Crippen MR) is 109 cm³/mol. The van der Waals surface area contributed by atoms with Crippen molar-refractivity contribution in [2.24, 2.45) is 0 Å². The van der Waals surface area contributed by atoms with Gasteiger partial charge in [0.25, 0.3) is 0 Å². The van der Waals surface area contributed by atoms with Gasteiger partial charge in [0.1, 0.15) is 13.6 Å². The number of aryl methyl sites for hydroxylation is 1. The van der Waals surface area contributed by atoms with Crippen LogP contribution in [-0.4, -0.2) is 30.9 Å². The van der Waals surface area contributed by atoms with E-state index >= 15 is 0 Å². The molecule has 0 aliphatic carbocycles. The van der Waals surface area contributed by atoms with Gasteiger partial charge in [0, 0.05) is 18.0 Å². The molecule has 0 unspecified atom stereocenters. The number of hydrogen-bond acceptors (Lipinski definition) is 6. The van der Waals surface area contributed by atoms with Crippen LogP contribution >= 0.6 is 23.1 Å². The zero-order chi connectivity index (χ0) is 18.5. The summed E-state index contributed by atoms with van der Waals surface area (Å²) < 4.78 is 2.45. The van der Waals surface area contributed by atoms with Crippen molar-refractivity contribution in [3.05, 3.63) is 54.1 Å². The molecule has 132 valence electrons. The molecule has 0 atom stereocenters. The monoisotopic (exact) mass is 374 g/mol. The summed E-state index contributed by atoms with van der Waals surface area (Å²) in [5, 5.41) is 3.45. The van der Waals surface area contributed by atoms with Crippen LogP contribution in [0.2, 0.25) is 0 Å². The van der Waals surface area contributed by atoms with Crippen LogP contribution in [0, 0.1) is 6.92 Å². The van der Waals surface area contributed by atoms with Crippen molar-refractivity contribution in [1.29, 1.82) is 0 Å². The molecule has 25 heavy (non-hydrogen) atoms. The molecule has 4 nitrogen and oxygen atoms in total. The average Bonchev–Trinajstić information content (AvgIpc) is 3.09. The standard InChI is InChI=1S/C17H18N2S2.2CH2O/c1-13-7-9-14(10-8-13)18-11-4-12-20-17-19-15-5-2-3-6-16(15)21-17;2*1-2/h2-3,5-10,18H,4,11-12H2,1H3;2*1H2. The molecule has 0 fully saturated rings. The highest BCUT2D eigenvalue weighted by Crippen LogP contribution is 2.29. The zero-order valence-corrected chi connectivity index (χ0v) is 15.9. The van der Waals surface area contributed by atoms with Gasteiger partial charge in [-0.25, -0.2) is 4.98 Å². The fraction of sp³-hybridized carbons (Fsp3) is 0.211. The highest BCUT2D eigenvalue weighted by Gasteiger charge is 2.03. The summed E-state index contributed by atoms with van der Waals surface area (Å²) in [5.41, 5.74) is 3.61. The third-order valence-electron chi connectivity index (χ3n) is 3.20. The van der Waals surface area contributed by atoms with Crippen molar-refractivity contribution in [3.8, 4) is 0 Å². The first-order valence-corrected chi connectivity index (χ1v) is 9.48. The zero-order valence-electron chi connectivity index (χ0n) is 14.2. The number of thiazole rings is 1. The Morgan fingerprint density at radius 1 is 1.04 bits per heavy atom. The maximum Gasteiger partial charge on any atom is 0.151 e. The molecular formula is C19H22N2O2S2. The molecule has 0 amide bonds. The molecule has 0 bridgehead atoms. The van der Waals surface area contributed by atoms with Crippen molar-refractivity contribution in [1.82, 2.24) is 4.98 Å². The second-order valence-corrected chi connectivity index (χ2v) is 7.32. The molecule has 0 saturated heterocycles. The van der Waals surface area contributed by atoms with Gasteiger partial charge < -0.3 is 14.9 Å². The minimum atomic E-state index is 1.00. The number of carbonyl (C=O) groups is 2. The highest BCUT2D eigenvalue weighted by atomic mass is 32.2. The Hall–Kier alpha value is -2.18. The summed E-state index contributed by atoms with van der Waals surface area (Å²) in [5.74, 6) is 1.10. The van der Waals surface area contributed by atoms with Gasteiger partial charge in [0.05, 0.1) is 10.2 Å². The molecule has 0 aliphatic heterocycles. The summed E-state index contributed by atoms with van der Waals surface area (Å²) in [4.78, 5) is 20.6. The molecule has 0 spiro atoms. The summed E-state index contributed by atoms with van der Waals surface area (Å²) in [6.07, 6.45) is 1.13. The molecule has 2 aromatic carbocycles. The summed E-state index contributed by atoms with van der Waals surface area (Å²) in [6.45, 7) is 7.11. The summed E-state index contributed by atoms with van der Waals surface area (Å²) in [6, 6.07) is 16.9. The van der Waals surface area contributed by atoms with Crippen LogP contribution in [0.3, 0.4) is 0 Å². The van der Waals surface area contributed by atoms with Crippen LogP contribution < -0.4 is 5.32 Å². The quantitative estimate of drug-likeness (QED) is 0.495. The van der Waals surface area contributed by atoms with Crippen LogP contribution in [-0.2, 0) is 9.59 Å². The number of aromatic nitrogens is 1. The maximum atomic E-state index is 8.00. The minimum Gasteiger partial charge on any atom is -0.385 e. The van der Waals surface area contributed by atoms with Gasteiger partial charge in [-0.05, 0) is 37.6 Å². The van der Waals surface area contributed by atoms with Crippen LogP contribution in [0.4, 0.5) is 5.69 Å². The molecule has 6 heteroatoms. The van der Waals surface area contributed by atoms with E-state index in [-0.39, 0.29) is 0 Å². The second-order valence-electron chi connectivity index (χ2n) is 4.94. The number of benzene rings is 2. The van der Waals surface area contributed by atoms with E-state index in [1.165, 1.54) is 20.3 Å². The van der Waals surface area contributed by atoms with Gasteiger partial charge in [-0.3, -0.25) is 0 Å². The predicted octanol–water partition coefficient (Wildman–Crippen LogP) is 4.83. The van der Waals surface area contributed by atoms with Gasteiger partial charge in [0.2, 0.25) is 0 Å². The molecule has 0 saturated carbocycles. The van der Waals surface area contributed by atoms with Crippen LogP contribution in [0.25, 0.3) is 10.2 Å². The minimum absolute atomic E-state index is 1.00. The van der Waals surface area contributed by atoms with Gasteiger partial charge >= 0.3 is 0 Å². The van der Waals surface area contributed by atoms with Crippen molar-refractivity contribution in [2.75, 3.05) is 17.6 Å². The van der Waals surface area contributed by atoms with E-state index in [0.717, 1.165) is 24.2 Å². The summed E-state index contributed by atoms with van der Waals surface area (Å²) in [7, 11) is 0. The molecule has 1 heterocycles. The van der Waals surface area contributed by atoms with Crippen molar-refractivity contribution < 1.29 is 9.59 Å². The van der Waals surface area contributed by atoms with E-state index in [1.807, 2.05) is 31.4 Å². The maximum absolute atomic E-state index is 8.00. The number of thioether (sulfide) groups is 1. The molecular weight excluding hydrogens is 352 g/mol. The van der Waals surface area contributed by atoms with Crippen LogP contribution in [0.15, 0.2) is 52.9 Å². The lowest BCUT2D eigenvalue weighted by Gasteiger charge is -2.05. The van der Waals surface area contributed by atoms with Gasteiger partial charge in [-0.1, -0.05) is 41.6 Å². The molecule has 0 aliphatic rings. The Labute approximate surface area is 156 Å². The van der Waals surface area contributed by atoms with Gasteiger partial charge in [-0.2, -0.15) is 0 Å². The van der Waals surface area contributed by atoms with Gasteiger partial charge in [0.15, 0.2) is 4.34 Å². The molecule has 3 aromatic rings. The van der Waals surface area contributed by atoms with Crippen LogP contribution in [0.1, 0.15) is 12.0 Å². The number of hydrogen-bond donors (Lipinski definition) is 1. The second kappa shape index (κ2) is 12.2. The first-order chi connectivity index (χ1) is 12.3. The number of anilines is 1. The SMILES string of the molecule is C=O.C=O.Cc1ccc(NCCCSc2nc3ccccc3s2)cc1. The Bertz CT molecular complexity index is 710. The van der Waals surface area contributed by atoms with E-state index < -0.39 is 0 Å². The fourth-order valence-corrected chi connectivity index (χ4v) is 4.13. The number of nitrogens with zero attached hydrogens (tertiary/aromatic N) is 1. The van der Waals surface area contributed by atoms with E-state index in [9.17, 15) is 0 Å². The lowest BCUT2D eigenvalue weighted by Crippen LogP contribution is -2.02. The largest absolute Gasteiger partial charge is 0.385 e. The van der Waals surface area contributed by atoms with Crippen molar-refractivity contribution in [3.63, 3.8) is 0 Å². The van der Waals surface area contributed by atoms with Crippen molar-refractivity contribution >= 4 is 52.6 Å². The van der Waals surface area contributed by atoms with E-state index in [4.69, 9.17) is 9.59 Å². The molecule has 1 aromatic heterocycles. The van der Waals surface area contributed by atoms with E-state index in [2.05, 4.69) is 59.7 Å². The van der Waals surface area contributed by atoms with E-state index in [1.54, 1.807) is 11.3 Å². The first-order valence-electron chi connectivity index (χ1n) is 7.68. The molecule has 0 radical (unpaired) electrons. The Kier molecular flexibility index (Phi) is 10.2. The number of fused-ring (bicyclic) bond motifs is 1. The van der Waals surface area contributed by atoms with Crippen molar-refractivity contribution in [2.45, 2.75) is 17.7 Å². The van der Waals surface area contributed by atoms with E-state index in [0.29, 0.717) is 0 Å². The molecule has 1 N–H and O–H groups in total. The number of rotatable bonds is 6. The Morgan fingerprint density at radius 2 is 1.72 bits per heavy atom. The first kappa shape index (κ1) is 20.9. The van der Waals surface area contributed by atoms with Crippen LogP contribution in [0.5, 0.6) is 0 Å². The highest BCUT2D eigenvalue weighted by molar-refractivity contribution is 8.01. The number of nitrogens with one attached hydrogen (secondary N) is 1. The van der Waals surface area contributed by atoms with Gasteiger partial charge in [-0.15, -0.1) is 11.3 Å². The lowest BCUT2D eigenvalue weighted by atomic mass is 10.2. The fourth-order valence-electron chi connectivity index (χ4n) is 2.05. The third kappa shape index (κ3) is 7.07. The Balaban J connectivity index is 0.000000730. The topological polar surface area (TPSA) is 59.1 Å². The number of carbonyl (C=O) groups excluding carboxylic acids is 2. The number of para-hydroxylation sites is 1. The third-order valence-corrected chi connectivity index (χ3v) is 5.47. The smallest absolute Gasteiger partial charge is 0.151 e. The summed E-state index contributed by atoms with van der Waals surface area (Å²) >= 11 is 3.64. The Morgan fingerprint density at radius 3 is 2.40 bits per heavy atom. The lowest BCUT2D eigenvalue weighted by molar-refractivity contribution is -0.0987. The normalized spacial score (nSPS) is 9.48. The molecule has 3 rings (SSSR count).